The lowest BCUT2D eigenvalue weighted by molar-refractivity contribution is 0.367. The molecule has 2 aromatic rings. The van der Waals surface area contributed by atoms with Crippen molar-refractivity contribution in [1.29, 1.82) is 0 Å². The fourth-order valence-corrected chi connectivity index (χ4v) is 2.28. The highest BCUT2D eigenvalue weighted by Gasteiger charge is 2.15. The van der Waals surface area contributed by atoms with Crippen LogP contribution in [0.5, 0.6) is 0 Å². The summed E-state index contributed by atoms with van der Waals surface area (Å²) < 4.78 is 5.88. The van der Waals surface area contributed by atoms with E-state index in [9.17, 15) is 0 Å². The minimum atomic E-state index is 0.795. The van der Waals surface area contributed by atoms with E-state index in [-0.39, 0.29) is 0 Å². The van der Waals surface area contributed by atoms with Crippen molar-refractivity contribution in [3.63, 3.8) is 0 Å². The van der Waals surface area contributed by atoms with Gasteiger partial charge >= 0.3 is 0 Å². The molecule has 3 nitrogen and oxygen atoms in total. The molecule has 0 radical (unpaired) electrons. The average molecular weight is 242 g/mol. The summed E-state index contributed by atoms with van der Waals surface area (Å²) in [5, 5.41) is 0. The predicted molar refractivity (Wildman–Crippen MR) is 73.6 cm³/mol. The maximum absolute atomic E-state index is 5.88. The molecular weight excluding hydrogens is 224 g/mol. The Morgan fingerprint density at radius 2 is 2.00 bits per heavy atom. The minimum absolute atomic E-state index is 0.795. The van der Waals surface area contributed by atoms with Crippen LogP contribution in [0.3, 0.4) is 0 Å². The summed E-state index contributed by atoms with van der Waals surface area (Å²) >= 11 is 0. The van der Waals surface area contributed by atoms with Gasteiger partial charge in [0.05, 0.1) is 0 Å². The largest absolute Gasteiger partial charge is 0.436 e. The average Bonchev–Trinajstić information content (AvgIpc) is 2.73. The van der Waals surface area contributed by atoms with Crippen molar-refractivity contribution < 1.29 is 4.42 Å². The van der Waals surface area contributed by atoms with Gasteiger partial charge in [0.1, 0.15) is 5.52 Å². The van der Waals surface area contributed by atoms with Crippen LogP contribution >= 0.6 is 0 Å². The van der Waals surface area contributed by atoms with Crippen LogP contribution in [0.15, 0.2) is 22.6 Å². The molecule has 0 bridgehead atoms. The van der Waals surface area contributed by atoms with Crippen LogP contribution in [0.2, 0.25) is 0 Å². The Morgan fingerprint density at radius 1 is 1.22 bits per heavy atom. The highest BCUT2D eigenvalue weighted by atomic mass is 16.3. The molecule has 0 aliphatic carbocycles. The number of nitrogens with zero attached hydrogens (tertiary/aromatic N) is 2. The van der Waals surface area contributed by atoms with Crippen LogP contribution in [0.4, 0.5) is 0 Å². The molecule has 18 heavy (non-hydrogen) atoms. The number of rotatable bonds is 1. The molecule has 1 aliphatic heterocycles. The second-order valence-corrected chi connectivity index (χ2v) is 5.16. The van der Waals surface area contributed by atoms with Gasteiger partial charge in [-0.05, 0) is 50.6 Å². The Hall–Kier alpha value is -1.61. The van der Waals surface area contributed by atoms with Crippen molar-refractivity contribution in [2.75, 3.05) is 20.1 Å². The quantitative estimate of drug-likeness (QED) is 0.769. The molecule has 1 aliphatic rings. The Morgan fingerprint density at radius 3 is 2.72 bits per heavy atom. The van der Waals surface area contributed by atoms with E-state index >= 15 is 0 Å². The highest BCUT2D eigenvalue weighted by molar-refractivity contribution is 5.77. The van der Waals surface area contributed by atoms with Gasteiger partial charge in [0, 0.05) is 18.7 Å². The zero-order valence-electron chi connectivity index (χ0n) is 11.2. The van der Waals surface area contributed by atoms with E-state index in [2.05, 4.69) is 49.0 Å². The van der Waals surface area contributed by atoms with Crippen LogP contribution in [-0.4, -0.2) is 30.0 Å². The Bertz CT molecular complexity index is 586. The maximum atomic E-state index is 5.88. The topological polar surface area (TPSA) is 29.3 Å². The fourth-order valence-electron chi connectivity index (χ4n) is 2.28. The van der Waals surface area contributed by atoms with Crippen molar-refractivity contribution in [2.45, 2.75) is 20.3 Å². The summed E-state index contributed by atoms with van der Waals surface area (Å²) in [5.74, 6) is 0.795. The zero-order chi connectivity index (χ0) is 12.7. The number of likely N-dealkylation sites (N-methyl/N-ethyl adjacent to an activating group) is 1. The van der Waals surface area contributed by atoms with E-state index in [1.165, 1.54) is 16.7 Å². The number of aromatic nitrogens is 1. The number of hydrogen-bond donors (Lipinski definition) is 0. The molecule has 0 unspecified atom stereocenters. The predicted octanol–water partition coefficient (Wildman–Crippen LogP) is 3.16. The molecule has 0 fully saturated rings. The van der Waals surface area contributed by atoms with E-state index in [1.807, 2.05) is 0 Å². The van der Waals surface area contributed by atoms with Crippen LogP contribution in [0.25, 0.3) is 16.7 Å². The molecule has 0 spiro atoms. The highest BCUT2D eigenvalue weighted by Crippen LogP contribution is 2.26. The van der Waals surface area contributed by atoms with E-state index in [0.717, 1.165) is 36.5 Å². The van der Waals surface area contributed by atoms with E-state index in [4.69, 9.17) is 4.42 Å². The third-order valence-corrected chi connectivity index (χ3v) is 3.69. The lowest BCUT2D eigenvalue weighted by Gasteiger charge is -2.20. The van der Waals surface area contributed by atoms with Crippen molar-refractivity contribution in [3.8, 4) is 0 Å². The van der Waals surface area contributed by atoms with Gasteiger partial charge in [-0.2, -0.15) is 0 Å². The van der Waals surface area contributed by atoms with Crippen molar-refractivity contribution in [3.05, 3.63) is 35.2 Å². The lowest BCUT2D eigenvalue weighted by atomic mass is 10.1. The summed E-state index contributed by atoms with van der Waals surface area (Å²) in [5.41, 5.74) is 5.61. The molecule has 3 heteroatoms. The second-order valence-electron chi connectivity index (χ2n) is 5.16. The molecule has 0 atom stereocenters. The molecule has 2 heterocycles. The Labute approximate surface area is 107 Å². The molecular formula is C15H18N2O. The van der Waals surface area contributed by atoms with Gasteiger partial charge in [-0.3, -0.25) is 0 Å². The molecule has 1 aromatic heterocycles. The summed E-state index contributed by atoms with van der Waals surface area (Å²) in [6.45, 7) is 6.26. The maximum Gasteiger partial charge on any atom is 0.222 e. The van der Waals surface area contributed by atoms with Crippen LogP contribution in [-0.2, 0) is 0 Å². The van der Waals surface area contributed by atoms with Crippen molar-refractivity contribution in [2.24, 2.45) is 0 Å². The molecule has 3 rings (SSSR count). The summed E-state index contributed by atoms with van der Waals surface area (Å²) in [6.07, 6.45) is 3.23. The van der Waals surface area contributed by atoms with Gasteiger partial charge in [-0.25, -0.2) is 4.98 Å². The van der Waals surface area contributed by atoms with Crippen LogP contribution in [0, 0.1) is 13.8 Å². The first-order valence-electron chi connectivity index (χ1n) is 6.39. The fraction of sp³-hybridized carbons (Fsp3) is 0.400. The summed E-state index contributed by atoms with van der Waals surface area (Å²) in [7, 11) is 2.13. The standard InChI is InChI=1S/C15H18N2O/c1-10-8-13-14(9-11(10)2)18-15(16-13)12-4-6-17(3)7-5-12/h4,8-9H,5-7H2,1-3H3. The zero-order valence-corrected chi connectivity index (χ0v) is 11.2. The third-order valence-electron chi connectivity index (χ3n) is 3.69. The van der Waals surface area contributed by atoms with Crippen LogP contribution in [0.1, 0.15) is 23.4 Å². The first kappa shape index (κ1) is 11.5. The molecule has 1 aromatic carbocycles. The number of hydrogen-bond acceptors (Lipinski definition) is 3. The molecule has 0 saturated heterocycles. The van der Waals surface area contributed by atoms with Gasteiger partial charge in [0.15, 0.2) is 5.58 Å². The van der Waals surface area contributed by atoms with Gasteiger partial charge in [-0.1, -0.05) is 6.08 Å². The normalized spacial score (nSPS) is 17.2. The van der Waals surface area contributed by atoms with Crippen LogP contribution < -0.4 is 0 Å². The van der Waals surface area contributed by atoms with Crippen molar-refractivity contribution >= 4 is 16.7 Å². The SMILES string of the molecule is Cc1cc2nc(C3=CCN(C)CC3)oc2cc1C. The first-order chi connectivity index (χ1) is 8.63. The van der Waals surface area contributed by atoms with Crippen molar-refractivity contribution in [1.82, 2.24) is 9.88 Å². The molecule has 0 saturated carbocycles. The molecule has 0 amide bonds. The van der Waals surface area contributed by atoms with Gasteiger partial charge in [0.2, 0.25) is 5.89 Å². The summed E-state index contributed by atoms with van der Waals surface area (Å²) in [4.78, 5) is 6.90. The smallest absolute Gasteiger partial charge is 0.222 e. The molecule has 0 N–H and O–H groups in total. The Kier molecular flexibility index (Phi) is 2.71. The van der Waals surface area contributed by atoms with E-state index in [1.54, 1.807) is 0 Å². The van der Waals surface area contributed by atoms with Gasteiger partial charge in [0.25, 0.3) is 0 Å². The third kappa shape index (κ3) is 1.95. The number of fused-ring (bicyclic) bond motifs is 1. The van der Waals surface area contributed by atoms with E-state index < -0.39 is 0 Å². The second kappa shape index (κ2) is 4.25. The first-order valence-corrected chi connectivity index (χ1v) is 6.39. The number of oxazole rings is 1. The number of aryl methyl sites for hydroxylation is 2. The number of benzene rings is 1. The summed E-state index contributed by atoms with van der Waals surface area (Å²) in [6, 6.07) is 4.18. The minimum Gasteiger partial charge on any atom is -0.436 e. The van der Waals surface area contributed by atoms with Gasteiger partial charge in [-0.15, -0.1) is 0 Å². The monoisotopic (exact) mass is 242 g/mol. The van der Waals surface area contributed by atoms with E-state index in [0.29, 0.717) is 0 Å². The molecule has 94 valence electrons. The lowest BCUT2D eigenvalue weighted by Crippen LogP contribution is -2.23. The Balaban J connectivity index is 2.03. The van der Waals surface area contributed by atoms with Gasteiger partial charge < -0.3 is 9.32 Å².